The van der Waals surface area contributed by atoms with Crippen LogP contribution in [0.25, 0.3) is 0 Å². The zero-order valence-electron chi connectivity index (χ0n) is 10.4. The Morgan fingerprint density at radius 2 is 2.05 bits per heavy atom. The molecule has 0 aliphatic heterocycles. The second-order valence-electron chi connectivity index (χ2n) is 4.30. The van der Waals surface area contributed by atoms with E-state index in [1.54, 1.807) is 0 Å². The van der Waals surface area contributed by atoms with Crippen LogP contribution < -0.4 is 5.32 Å². The number of anilines is 1. The lowest BCUT2D eigenvalue weighted by molar-refractivity contribution is -0.385. The molecule has 0 heterocycles. The van der Waals surface area contributed by atoms with E-state index in [-0.39, 0.29) is 5.69 Å². The Kier molecular flexibility index (Phi) is 3.75. The number of aryl methyl sites for hydroxylation is 1. The van der Waals surface area contributed by atoms with E-state index in [0.717, 1.165) is 17.3 Å². The van der Waals surface area contributed by atoms with Crippen LogP contribution in [-0.2, 0) is 6.54 Å². The molecule has 0 atom stereocenters. The van der Waals surface area contributed by atoms with E-state index in [1.807, 2.05) is 31.2 Å². The normalized spacial score (nSPS) is 10.2. The molecule has 2 aromatic rings. The highest BCUT2D eigenvalue weighted by Crippen LogP contribution is 2.18. The molecule has 0 spiro atoms. The predicted octanol–water partition coefficient (Wildman–Crippen LogP) is 3.65. The van der Waals surface area contributed by atoms with Crippen LogP contribution in [0.4, 0.5) is 15.8 Å². The van der Waals surface area contributed by atoms with E-state index in [2.05, 4.69) is 5.32 Å². The van der Waals surface area contributed by atoms with Gasteiger partial charge in [-0.15, -0.1) is 0 Å². The first-order valence-corrected chi connectivity index (χ1v) is 5.79. The Balaban J connectivity index is 2.13. The third-order valence-electron chi connectivity index (χ3n) is 2.67. The van der Waals surface area contributed by atoms with Gasteiger partial charge in [0.15, 0.2) is 0 Å². The van der Waals surface area contributed by atoms with Crippen LogP contribution >= 0.6 is 0 Å². The first-order chi connectivity index (χ1) is 9.04. The van der Waals surface area contributed by atoms with E-state index >= 15 is 0 Å². The number of nitro groups is 1. The molecule has 0 aliphatic rings. The lowest BCUT2D eigenvalue weighted by atomic mass is 10.1. The Morgan fingerprint density at radius 1 is 1.26 bits per heavy atom. The first-order valence-electron chi connectivity index (χ1n) is 5.79. The Bertz CT molecular complexity index is 614. The summed E-state index contributed by atoms with van der Waals surface area (Å²) in [6.07, 6.45) is 0. The molecular formula is C14H13FN2O2. The molecule has 4 nitrogen and oxygen atoms in total. The number of hydrogen-bond donors (Lipinski definition) is 1. The molecule has 5 heteroatoms. The van der Waals surface area contributed by atoms with E-state index in [0.29, 0.717) is 12.1 Å². The van der Waals surface area contributed by atoms with Crippen LogP contribution in [0, 0.1) is 22.9 Å². The molecule has 0 unspecified atom stereocenters. The summed E-state index contributed by atoms with van der Waals surface area (Å²) in [4.78, 5) is 10.0. The Labute approximate surface area is 110 Å². The van der Waals surface area contributed by atoms with Crippen molar-refractivity contribution in [2.75, 3.05) is 5.32 Å². The summed E-state index contributed by atoms with van der Waals surface area (Å²) in [6.45, 7) is 2.31. The van der Waals surface area contributed by atoms with Gasteiger partial charge >= 0.3 is 0 Å². The largest absolute Gasteiger partial charge is 0.381 e. The summed E-state index contributed by atoms with van der Waals surface area (Å²) in [7, 11) is 0. The number of rotatable bonds is 4. The van der Waals surface area contributed by atoms with Crippen molar-refractivity contribution >= 4 is 11.4 Å². The molecule has 0 saturated carbocycles. The van der Waals surface area contributed by atoms with Crippen molar-refractivity contribution in [3.63, 3.8) is 0 Å². The number of nitrogens with one attached hydrogen (secondary N) is 1. The summed E-state index contributed by atoms with van der Waals surface area (Å²) in [5.41, 5.74) is 2.30. The highest BCUT2D eigenvalue weighted by atomic mass is 19.1. The number of nitro benzene ring substituents is 1. The van der Waals surface area contributed by atoms with Crippen LogP contribution in [0.5, 0.6) is 0 Å². The number of nitrogens with zero attached hydrogens (tertiary/aromatic N) is 1. The van der Waals surface area contributed by atoms with Gasteiger partial charge in [-0.05, 0) is 36.2 Å². The minimum Gasteiger partial charge on any atom is -0.381 e. The Morgan fingerprint density at radius 3 is 2.74 bits per heavy atom. The number of non-ortho nitro benzene ring substituents is 1. The predicted molar refractivity (Wildman–Crippen MR) is 71.6 cm³/mol. The van der Waals surface area contributed by atoms with Crippen molar-refractivity contribution in [3.8, 4) is 0 Å². The fraction of sp³-hybridized carbons (Fsp3) is 0.143. The van der Waals surface area contributed by atoms with Gasteiger partial charge in [0.2, 0.25) is 0 Å². The van der Waals surface area contributed by atoms with Crippen LogP contribution in [0.15, 0.2) is 42.5 Å². The van der Waals surface area contributed by atoms with Crippen molar-refractivity contribution in [2.24, 2.45) is 0 Å². The van der Waals surface area contributed by atoms with Gasteiger partial charge in [0, 0.05) is 18.3 Å². The van der Waals surface area contributed by atoms with Gasteiger partial charge in [0.25, 0.3) is 5.69 Å². The van der Waals surface area contributed by atoms with Gasteiger partial charge < -0.3 is 5.32 Å². The molecule has 2 rings (SSSR count). The first kappa shape index (κ1) is 13.0. The number of hydrogen-bond acceptors (Lipinski definition) is 3. The molecule has 2 aromatic carbocycles. The SMILES string of the molecule is Cc1cccc(NCc2cc(F)cc([N+](=O)[O-])c2)c1. The van der Waals surface area contributed by atoms with Gasteiger partial charge in [-0.3, -0.25) is 10.1 Å². The highest BCUT2D eigenvalue weighted by molar-refractivity contribution is 5.46. The number of halogens is 1. The molecule has 0 aliphatic carbocycles. The molecule has 0 bridgehead atoms. The standard InChI is InChI=1S/C14H13FN2O2/c1-10-3-2-4-13(5-10)16-9-11-6-12(15)8-14(7-11)17(18)19/h2-8,16H,9H2,1H3. The summed E-state index contributed by atoms with van der Waals surface area (Å²) in [5.74, 6) is -0.602. The molecule has 1 N–H and O–H groups in total. The zero-order chi connectivity index (χ0) is 13.8. The molecule has 0 amide bonds. The van der Waals surface area contributed by atoms with Crippen molar-refractivity contribution in [3.05, 3.63) is 69.5 Å². The highest BCUT2D eigenvalue weighted by Gasteiger charge is 2.09. The summed E-state index contributed by atoms with van der Waals surface area (Å²) >= 11 is 0. The van der Waals surface area contributed by atoms with Crippen LogP contribution in [-0.4, -0.2) is 4.92 Å². The second kappa shape index (κ2) is 5.48. The Hall–Kier alpha value is -2.43. The van der Waals surface area contributed by atoms with E-state index < -0.39 is 10.7 Å². The van der Waals surface area contributed by atoms with E-state index in [1.165, 1.54) is 12.1 Å². The zero-order valence-corrected chi connectivity index (χ0v) is 10.4. The monoisotopic (exact) mass is 260 g/mol. The maximum absolute atomic E-state index is 13.2. The average molecular weight is 260 g/mol. The lowest BCUT2D eigenvalue weighted by Crippen LogP contribution is -2.01. The van der Waals surface area contributed by atoms with Gasteiger partial charge in [-0.2, -0.15) is 0 Å². The van der Waals surface area contributed by atoms with Crippen molar-refractivity contribution in [1.82, 2.24) is 0 Å². The molecule has 98 valence electrons. The van der Waals surface area contributed by atoms with E-state index in [4.69, 9.17) is 0 Å². The maximum Gasteiger partial charge on any atom is 0.272 e. The van der Waals surface area contributed by atoms with Gasteiger partial charge in [0.1, 0.15) is 5.82 Å². The third kappa shape index (κ3) is 3.51. The van der Waals surface area contributed by atoms with Crippen molar-refractivity contribution in [2.45, 2.75) is 13.5 Å². The van der Waals surface area contributed by atoms with Crippen molar-refractivity contribution < 1.29 is 9.31 Å². The smallest absolute Gasteiger partial charge is 0.272 e. The summed E-state index contributed by atoms with van der Waals surface area (Å²) < 4.78 is 13.2. The lowest BCUT2D eigenvalue weighted by Gasteiger charge is -2.07. The quantitative estimate of drug-likeness (QED) is 0.674. The molecule has 0 radical (unpaired) electrons. The van der Waals surface area contributed by atoms with Crippen molar-refractivity contribution in [1.29, 1.82) is 0 Å². The van der Waals surface area contributed by atoms with E-state index in [9.17, 15) is 14.5 Å². The maximum atomic E-state index is 13.2. The summed E-state index contributed by atoms with van der Waals surface area (Å²) in [5, 5.41) is 13.7. The minimum atomic E-state index is -0.602. The molecule has 0 saturated heterocycles. The summed E-state index contributed by atoms with van der Waals surface area (Å²) in [6, 6.07) is 11.3. The molecular weight excluding hydrogens is 247 g/mol. The molecule has 0 fully saturated rings. The molecule has 19 heavy (non-hydrogen) atoms. The minimum absolute atomic E-state index is 0.235. The van der Waals surface area contributed by atoms with Gasteiger partial charge in [-0.1, -0.05) is 12.1 Å². The topological polar surface area (TPSA) is 55.2 Å². The number of benzene rings is 2. The van der Waals surface area contributed by atoms with Gasteiger partial charge in [-0.25, -0.2) is 4.39 Å². The second-order valence-corrected chi connectivity index (χ2v) is 4.30. The van der Waals surface area contributed by atoms with Gasteiger partial charge in [0.05, 0.1) is 11.0 Å². The fourth-order valence-electron chi connectivity index (χ4n) is 1.80. The van der Waals surface area contributed by atoms with Crippen LogP contribution in [0.2, 0.25) is 0 Å². The third-order valence-corrected chi connectivity index (χ3v) is 2.67. The average Bonchev–Trinajstić information content (AvgIpc) is 2.36. The fourth-order valence-corrected chi connectivity index (χ4v) is 1.80. The van der Waals surface area contributed by atoms with Crippen LogP contribution in [0.3, 0.4) is 0 Å². The van der Waals surface area contributed by atoms with Crippen LogP contribution in [0.1, 0.15) is 11.1 Å². The molecule has 0 aromatic heterocycles.